The fourth-order valence-corrected chi connectivity index (χ4v) is 3.71. The summed E-state index contributed by atoms with van der Waals surface area (Å²) in [5.41, 5.74) is 0. The molecule has 0 saturated carbocycles. The van der Waals surface area contributed by atoms with Gasteiger partial charge in [-0.3, -0.25) is 9.59 Å². The van der Waals surface area contributed by atoms with Crippen molar-refractivity contribution in [3.8, 4) is 0 Å². The van der Waals surface area contributed by atoms with E-state index in [1.807, 2.05) is 0 Å². The van der Waals surface area contributed by atoms with E-state index in [1.165, 1.54) is 89.9 Å². The standard InChI is InChI=1S/C24H46O4/c1-3-5-6-7-8-9-10-11-12-13-14-15-16-17-18-19-20-22(21-23(25)26)24(27)28-4-2/h22H,3-21H2,1-2H3,(H,25,26). The predicted octanol–water partition coefficient (Wildman–Crippen LogP) is 7.29. The van der Waals surface area contributed by atoms with E-state index in [1.54, 1.807) is 6.92 Å². The molecule has 4 heteroatoms. The second-order valence-corrected chi connectivity index (χ2v) is 8.14. The third kappa shape index (κ3) is 18.3. The van der Waals surface area contributed by atoms with Crippen LogP contribution in [0.4, 0.5) is 0 Å². The highest BCUT2D eigenvalue weighted by Crippen LogP contribution is 2.18. The van der Waals surface area contributed by atoms with Crippen LogP contribution >= 0.6 is 0 Å². The lowest BCUT2D eigenvalue weighted by atomic mass is 9.97. The average Bonchev–Trinajstić information content (AvgIpc) is 2.66. The molecule has 0 bridgehead atoms. The molecule has 1 atom stereocenters. The normalized spacial score (nSPS) is 12.1. The third-order valence-corrected chi connectivity index (χ3v) is 5.45. The van der Waals surface area contributed by atoms with Gasteiger partial charge in [-0.15, -0.1) is 0 Å². The molecular formula is C24H46O4. The molecule has 0 aromatic rings. The Morgan fingerprint density at radius 2 is 1.07 bits per heavy atom. The van der Waals surface area contributed by atoms with E-state index in [9.17, 15) is 9.59 Å². The molecule has 0 aliphatic carbocycles. The van der Waals surface area contributed by atoms with E-state index >= 15 is 0 Å². The van der Waals surface area contributed by atoms with E-state index < -0.39 is 11.9 Å². The molecule has 28 heavy (non-hydrogen) atoms. The Morgan fingerprint density at radius 3 is 1.43 bits per heavy atom. The Kier molecular flexibility index (Phi) is 19.9. The number of carboxylic acids is 1. The fraction of sp³-hybridized carbons (Fsp3) is 0.917. The topological polar surface area (TPSA) is 63.6 Å². The van der Waals surface area contributed by atoms with Crippen LogP contribution in [-0.4, -0.2) is 23.7 Å². The largest absolute Gasteiger partial charge is 0.481 e. The Morgan fingerprint density at radius 1 is 0.679 bits per heavy atom. The van der Waals surface area contributed by atoms with Crippen molar-refractivity contribution >= 4 is 11.9 Å². The second kappa shape index (κ2) is 20.7. The van der Waals surface area contributed by atoms with Crippen LogP contribution in [0.25, 0.3) is 0 Å². The number of hydrogen-bond donors (Lipinski definition) is 1. The van der Waals surface area contributed by atoms with Crippen LogP contribution in [0, 0.1) is 5.92 Å². The first-order valence-corrected chi connectivity index (χ1v) is 12.0. The number of aliphatic carboxylic acids is 1. The molecule has 0 heterocycles. The minimum atomic E-state index is -0.922. The van der Waals surface area contributed by atoms with Gasteiger partial charge in [0, 0.05) is 0 Å². The van der Waals surface area contributed by atoms with Crippen LogP contribution in [0.3, 0.4) is 0 Å². The molecule has 0 rings (SSSR count). The van der Waals surface area contributed by atoms with Gasteiger partial charge >= 0.3 is 11.9 Å². The molecule has 0 fully saturated rings. The van der Waals surface area contributed by atoms with Gasteiger partial charge < -0.3 is 9.84 Å². The smallest absolute Gasteiger partial charge is 0.309 e. The van der Waals surface area contributed by atoms with E-state index in [2.05, 4.69) is 6.92 Å². The maximum absolute atomic E-state index is 11.8. The zero-order chi connectivity index (χ0) is 20.9. The summed E-state index contributed by atoms with van der Waals surface area (Å²) in [6.07, 6.45) is 21.5. The van der Waals surface area contributed by atoms with Crippen LogP contribution in [0.5, 0.6) is 0 Å². The molecule has 0 saturated heterocycles. The summed E-state index contributed by atoms with van der Waals surface area (Å²) in [6, 6.07) is 0. The van der Waals surface area contributed by atoms with Gasteiger partial charge in [-0.2, -0.15) is 0 Å². The lowest BCUT2D eigenvalue weighted by Gasteiger charge is -2.13. The number of hydrogen-bond acceptors (Lipinski definition) is 3. The molecule has 166 valence electrons. The monoisotopic (exact) mass is 398 g/mol. The molecule has 0 aliphatic heterocycles. The SMILES string of the molecule is CCCCCCCCCCCCCCCCCCC(CC(=O)O)C(=O)OCC. The Labute approximate surface area is 173 Å². The van der Waals surface area contributed by atoms with Crippen molar-refractivity contribution in [1.82, 2.24) is 0 Å². The summed E-state index contributed by atoms with van der Waals surface area (Å²) >= 11 is 0. The number of carbonyl (C=O) groups excluding carboxylic acids is 1. The van der Waals surface area contributed by atoms with Crippen molar-refractivity contribution in [2.75, 3.05) is 6.61 Å². The highest BCUT2D eigenvalue weighted by molar-refractivity contribution is 5.78. The molecule has 1 N–H and O–H groups in total. The van der Waals surface area contributed by atoms with E-state index in [0.29, 0.717) is 13.0 Å². The summed E-state index contributed by atoms with van der Waals surface area (Å²) < 4.78 is 4.98. The molecule has 0 spiro atoms. The molecule has 0 amide bonds. The number of carbonyl (C=O) groups is 2. The maximum Gasteiger partial charge on any atom is 0.309 e. The van der Waals surface area contributed by atoms with E-state index in [4.69, 9.17) is 9.84 Å². The van der Waals surface area contributed by atoms with Gasteiger partial charge in [0.25, 0.3) is 0 Å². The lowest BCUT2D eigenvalue weighted by Crippen LogP contribution is -2.21. The van der Waals surface area contributed by atoms with Gasteiger partial charge in [0.2, 0.25) is 0 Å². The van der Waals surface area contributed by atoms with Gasteiger partial charge in [0.15, 0.2) is 0 Å². The van der Waals surface area contributed by atoms with Gasteiger partial charge in [-0.25, -0.2) is 0 Å². The van der Waals surface area contributed by atoms with Crippen molar-refractivity contribution in [3.63, 3.8) is 0 Å². The van der Waals surface area contributed by atoms with Gasteiger partial charge in [0.05, 0.1) is 18.9 Å². The van der Waals surface area contributed by atoms with Crippen molar-refractivity contribution in [1.29, 1.82) is 0 Å². The molecule has 0 aliphatic rings. The molecule has 4 nitrogen and oxygen atoms in total. The van der Waals surface area contributed by atoms with Crippen molar-refractivity contribution in [3.05, 3.63) is 0 Å². The van der Waals surface area contributed by atoms with E-state index in [-0.39, 0.29) is 12.4 Å². The number of carboxylic acid groups (broad SMARTS) is 1. The fourth-order valence-electron chi connectivity index (χ4n) is 3.71. The lowest BCUT2D eigenvalue weighted by molar-refractivity contribution is -0.153. The van der Waals surface area contributed by atoms with E-state index in [0.717, 1.165) is 12.8 Å². The molecule has 0 aromatic carbocycles. The number of esters is 1. The highest BCUT2D eigenvalue weighted by Gasteiger charge is 2.22. The van der Waals surface area contributed by atoms with Gasteiger partial charge in [0.1, 0.15) is 0 Å². The zero-order valence-electron chi connectivity index (χ0n) is 18.7. The predicted molar refractivity (Wildman–Crippen MR) is 117 cm³/mol. The summed E-state index contributed by atoms with van der Waals surface area (Å²) in [7, 11) is 0. The van der Waals surface area contributed by atoms with Crippen LogP contribution < -0.4 is 0 Å². The molecular weight excluding hydrogens is 352 g/mol. The Balaban J connectivity index is 3.41. The first-order chi connectivity index (χ1) is 13.6. The average molecular weight is 399 g/mol. The zero-order valence-corrected chi connectivity index (χ0v) is 18.7. The second-order valence-electron chi connectivity index (χ2n) is 8.14. The summed E-state index contributed by atoms with van der Waals surface area (Å²) in [6.45, 7) is 4.34. The van der Waals surface area contributed by atoms with Gasteiger partial charge in [-0.1, -0.05) is 110 Å². The number of rotatable bonds is 21. The summed E-state index contributed by atoms with van der Waals surface area (Å²) in [4.78, 5) is 22.7. The highest BCUT2D eigenvalue weighted by atomic mass is 16.5. The first kappa shape index (κ1) is 26.9. The third-order valence-electron chi connectivity index (χ3n) is 5.45. The number of ether oxygens (including phenoxy) is 1. The Hall–Kier alpha value is -1.06. The number of unbranched alkanes of at least 4 members (excludes halogenated alkanes) is 15. The summed E-state index contributed by atoms with van der Waals surface area (Å²) in [5.74, 6) is -1.76. The van der Waals surface area contributed by atoms with Crippen LogP contribution in [0.1, 0.15) is 129 Å². The Bertz CT molecular complexity index is 368. The van der Waals surface area contributed by atoms with Crippen molar-refractivity contribution in [2.24, 2.45) is 5.92 Å². The molecule has 1 unspecified atom stereocenters. The van der Waals surface area contributed by atoms with Crippen LogP contribution in [0.15, 0.2) is 0 Å². The minimum Gasteiger partial charge on any atom is -0.481 e. The minimum absolute atomic E-state index is 0.114. The van der Waals surface area contributed by atoms with Crippen molar-refractivity contribution in [2.45, 2.75) is 129 Å². The molecule has 0 aromatic heterocycles. The van der Waals surface area contributed by atoms with Gasteiger partial charge in [-0.05, 0) is 13.3 Å². The maximum atomic E-state index is 11.8. The van der Waals surface area contributed by atoms with Crippen LogP contribution in [-0.2, 0) is 14.3 Å². The summed E-state index contributed by atoms with van der Waals surface area (Å²) in [5, 5.41) is 8.93. The van der Waals surface area contributed by atoms with Crippen LogP contribution in [0.2, 0.25) is 0 Å². The van der Waals surface area contributed by atoms with Crippen molar-refractivity contribution < 1.29 is 19.4 Å². The molecule has 0 radical (unpaired) electrons. The quantitative estimate of drug-likeness (QED) is 0.163. The first-order valence-electron chi connectivity index (χ1n) is 12.0.